The molecule has 1 amide bonds. The average molecular weight is 587 g/mol. The number of amides is 1. The van der Waals surface area contributed by atoms with Gasteiger partial charge in [0.1, 0.15) is 5.82 Å². The quantitative estimate of drug-likeness (QED) is 0.210. The summed E-state index contributed by atoms with van der Waals surface area (Å²) < 4.78 is 35.6. The van der Waals surface area contributed by atoms with Crippen LogP contribution in [0, 0.1) is 0 Å². The Hall–Kier alpha value is -3.82. The fourth-order valence-electron chi connectivity index (χ4n) is 3.35. The summed E-state index contributed by atoms with van der Waals surface area (Å²) in [6.07, 6.45) is 1.48. The van der Waals surface area contributed by atoms with Crippen LogP contribution in [0.5, 0.6) is 0 Å². The number of nitrogens with zero attached hydrogens (tertiary/aromatic N) is 6. The Balaban J connectivity index is 0.000000479. The fraction of sp³-hybridized carbons (Fsp3) is 0.381. The highest BCUT2D eigenvalue weighted by atomic mass is 79.9. The van der Waals surface area contributed by atoms with Crippen LogP contribution in [0.15, 0.2) is 34.1 Å². The number of carbonyl (C=O) groups excluding carboxylic acids is 1. The molecular weight excluding hydrogens is 565 g/mol. The highest BCUT2D eigenvalue weighted by molar-refractivity contribution is 9.10. The summed E-state index contributed by atoms with van der Waals surface area (Å²) in [5.74, 6) is -2.05. The fourth-order valence-corrected chi connectivity index (χ4v) is 3.72. The first-order valence-corrected chi connectivity index (χ1v) is 11.8. The van der Waals surface area contributed by atoms with Gasteiger partial charge in [0.15, 0.2) is 15.9 Å². The third kappa shape index (κ3) is 6.69. The first-order valence-electron chi connectivity index (χ1n) is 11.0. The van der Waals surface area contributed by atoms with Crippen molar-refractivity contribution < 1.29 is 27.9 Å². The minimum Gasteiger partial charge on any atom is -0.475 e. The van der Waals surface area contributed by atoms with Crippen molar-refractivity contribution in [3.8, 4) is 0 Å². The van der Waals surface area contributed by atoms with Crippen LogP contribution in [0.3, 0.4) is 0 Å². The second-order valence-electron chi connectivity index (χ2n) is 7.69. The number of H-pyrrole nitrogens is 1. The van der Waals surface area contributed by atoms with Crippen LogP contribution in [0.1, 0.15) is 42.4 Å². The molecule has 0 aliphatic carbocycles. The number of aryl methyl sites for hydroxylation is 1. The van der Waals surface area contributed by atoms with Gasteiger partial charge in [-0.1, -0.05) is 19.8 Å². The van der Waals surface area contributed by atoms with Crippen molar-refractivity contribution in [3.63, 3.8) is 0 Å². The number of carboxylic acids is 1. The van der Waals surface area contributed by atoms with Gasteiger partial charge in [-0.2, -0.15) is 13.2 Å². The van der Waals surface area contributed by atoms with Crippen molar-refractivity contribution in [2.24, 2.45) is 0 Å². The molecular formula is C21H22BrF3N8O4. The van der Waals surface area contributed by atoms with Crippen LogP contribution in [0.25, 0.3) is 16.9 Å². The Kier molecular flexibility index (Phi) is 8.96. The Morgan fingerprint density at radius 3 is 2.59 bits per heavy atom. The lowest BCUT2D eigenvalue weighted by Crippen LogP contribution is -2.27. The molecule has 4 heterocycles. The Morgan fingerprint density at radius 1 is 1.24 bits per heavy atom. The third-order valence-electron chi connectivity index (χ3n) is 5.07. The number of fused-ring (bicyclic) bond motifs is 2. The van der Waals surface area contributed by atoms with Gasteiger partial charge >= 0.3 is 12.1 Å². The average Bonchev–Trinajstić information content (AvgIpc) is 3.45. The highest BCUT2D eigenvalue weighted by Gasteiger charge is 2.38. The first kappa shape index (κ1) is 27.8. The van der Waals surface area contributed by atoms with Crippen molar-refractivity contribution >= 4 is 44.7 Å². The highest BCUT2D eigenvalue weighted by Crippen LogP contribution is 2.16. The van der Waals surface area contributed by atoms with Crippen molar-refractivity contribution in [3.05, 3.63) is 51.0 Å². The summed E-state index contributed by atoms with van der Waals surface area (Å²) in [4.78, 5) is 45.5. The molecule has 37 heavy (non-hydrogen) atoms. The molecule has 0 aliphatic rings. The summed E-state index contributed by atoms with van der Waals surface area (Å²) in [6.45, 7) is 3.13. The van der Waals surface area contributed by atoms with Crippen LogP contribution in [-0.2, 0) is 17.8 Å². The maximum atomic E-state index is 13.1. The standard InChI is InChI=1S/C19H21BrN8O2.C2HF3O2/c1-2-3-4-10-27-15-14(23-18(20)24-15)17(30)28-13(25-26-19(27)28)7-9-22-16(29)12-6-5-8-21-11-12;3-2(4,5)1(6)7/h5-6,8,11H,2-4,7,9-10H2,1H3,(H,22,29)(H,23,24);(H,6,7). The van der Waals surface area contributed by atoms with Crippen molar-refractivity contribution in [2.75, 3.05) is 6.54 Å². The molecule has 12 nitrogen and oxygen atoms in total. The van der Waals surface area contributed by atoms with E-state index < -0.39 is 12.1 Å². The van der Waals surface area contributed by atoms with Gasteiger partial charge in [0.2, 0.25) is 5.78 Å². The molecule has 4 aromatic rings. The number of imidazole rings is 1. The molecule has 16 heteroatoms. The Labute approximate surface area is 215 Å². The predicted octanol–water partition coefficient (Wildman–Crippen LogP) is 2.72. The molecule has 0 saturated heterocycles. The lowest BCUT2D eigenvalue weighted by molar-refractivity contribution is -0.192. The van der Waals surface area contributed by atoms with E-state index in [0.717, 1.165) is 19.3 Å². The molecule has 3 N–H and O–H groups in total. The van der Waals surface area contributed by atoms with Gasteiger partial charge in [0, 0.05) is 31.9 Å². The lowest BCUT2D eigenvalue weighted by Gasteiger charge is -2.09. The van der Waals surface area contributed by atoms with Crippen LogP contribution in [0.2, 0.25) is 0 Å². The molecule has 0 fully saturated rings. The maximum absolute atomic E-state index is 13.1. The summed E-state index contributed by atoms with van der Waals surface area (Å²) in [5.41, 5.74) is 1.17. The molecule has 198 valence electrons. The maximum Gasteiger partial charge on any atom is 0.490 e. The minimum atomic E-state index is -5.08. The van der Waals surface area contributed by atoms with E-state index in [1.54, 1.807) is 18.3 Å². The van der Waals surface area contributed by atoms with Gasteiger partial charge in [-0.05, 0) is 34.5 Å². The molecule has 0 aromatic carbocycles. The molecule has 4 aromatic heterocycles. The van der Waals surface area contributed by atoms with Crippen LogP contribution >= 0.6 is 15.9 Å². The van der Waals surface area contributed by atoms with Crippen molar-refractivity contribution in [1.29, 1.82) is 0 Å². The second kappa shape index (κ2) is 11.9. The summed E-state index contributed by atoms with van der Waals surface area (Å²) >= 11 is 3.32. The normalized spacial score (nSPS) is 11.4. The number of hydrogen-bond donors (Lipinski definition) is 3. The van der Waals surface area contributed by atoms with Crippen LogP contribution in [0.4, 0.5) is 13.2 Å². The number of aromatic amines is 1. The zero-order chi connectivity index (χ0) is 27.2. The number of rotatable bonds is 8. The lowest BCUT2D eigenvalue weighted by atomic mass is 10.2. The van der Waals surface area contributed by atoms with Crippen LogP contribution < -0.4 is 10.9 Å². The van der Waals surface area contributed by atoms with Gasteiger partial charge in [0.05, 0.1) is 5.56 Å². The molecule has 0 saturated carbocycles. The molecule has 0 spiro atoms. The number of aromatic nitrogens is 7. The topological polar surface area (TPSA) is 160 Å². The number of nitrogens with one attached hydrogen (secondary N) is 2. The van der Waals surface area contributed by atoms with Gasteiger partial charge in [-0.25, -0.2) is 14.2 Å². The second-order valence-corrected chi connectivity index (χ2v) is 8.44. The number of hydrogen-bond acceptors (Lipinski definition) is 7. The largest absolute Gasteiger partial charge is 0.490 e. The van der Waals surface area contributed by atoms with E-state index in [-0.39, 0.29) is 11.5 Å². The van der Waals surface area contributed by atoms with E-state index in [4.69, 9.17) is 9.90 Å². The van der Waals surface area contributed by atoms with Gasteiger partial charge in [0.25, 0.3) is 11.5 Å². The summed E-state index contributed by atoms with van der Waals surface area (Å²) in [6, 6.07) is 3.40. The van der Waals surface area contributed by atoms with E-state index in [1.807, 2.05) is 4.57 Å². The zero-order valence-electron chi connectivity index (χ0n) is 19.4. The molecule has 4 rings (SSSR count). The van der Waals surface area contributed by atoms with Crippen molar-refractivity contribution in [1.82, 2.24) is 39.4 Å². The summed E-state index contributed by atoms with van der Waals surface area (Å²) in [7, 11) is 0. The molecule has 0 bridgehead atoms. The number of halogens is 4. The predicted molar refractivity (Wildman–Crippen MR) is 128 cm³/mol. The van der Waals surface area contributed by atoms with Crippen LogP contribution in [-0.4, -0.2) is 63.8 Å². The number of carbonyl (C=O) groups is 2. The van der Waals surface area contributed by atoms with E-state index >= 15 is 0 Å². The molecule has 0 atom stereocenters. The first-order chi connectivity index (χ1) is 17.5. The molecule has 0 aliphatic heterocycles. The number of aliphatic carboxylic acids is 1. The SMILES string of the molecule is CCCCCn1c2nc(Br)[nH]c2c(=O)n2c(CCNC(=O)c3cccnc3)nnc12.O=C(O)C(F)(F)F. The number of pyridine rings is 1. The Bertz CT molecular complexity index is 1450. The van der Waals surface area contributed by atoms with E-state index in [1.165, 1.54) is 10.6 Å². The van der Waals surface area contributed by atoms with E-state index in [2.05, 4.69) is 53.3 Å². The third-order valence-corrected chi connectivity index (χ3v) is 5.44. The summed E-state index contributed by atoms with van der Waals surface area (Å²) in [5, 5.41) is 18.4. The molecule has 0 radical (unpaired) electrons. The monoisotopic (exact) mass is 586 g/mol. The van der Waals surface area contributed by atoms with E-state index in [9.17, 15) is 22.8 Å². The van der Waals surface area contributed by atoms with Crippen molar-refractivity contribution in [2.45, 2.75) is 45.3 Å². The number of carboxylic acid groups (broad SMARTS) is 1. The van der Waals surface area contributed by atoms with Gasteiger partial charge in [-0.15, -0.1) is 10.2 Å². The number of alkyl halides is 3. The molecule has 0 unspecified atom stereocenters. The smallest absolute Gasteiger partial charge is 0.475 e. The van der Waals surface area contributed by atoms with Gasteiger partial charge < -0.3 is 15.4 Å². The number of unbranched alkanes of at least 4 members (excludes halogenated alkanes) is 2. The minimum absolute atomic E-state index is 0.228. The van der Waals surface area contributed by atoms with E-state index in [0.29, 0.717) is 52.6 Å². The van der Waals surface area contributed by atoms with Gasteiger partial charge in [-0.3, -0.25) is 19.1 Å². The Morgan fingerprint density at radius 2 is 1.97 bits per heavy atom. The zero-order valence-corrected chi connectivity index (χ0v) is 21.0.